The molecule has 0 saturated carbocycles. The van der Waals surface area contributed by atoms with E-state index in [0.29, 0.717) is 18.2 Å². The van der Waals surface area contributed by atoms with Gasteiger partial charge in [-0.05, 0) is 66.6 Å². The Morgan fingerprint density at radius 1 is 1.06 bits per heavy atom. The molecule has 0 fully saturated rings. The number of hydrogen-bond acceptors (Lipinski definition) is 4. The molecule has 0 aliphatic heterocycles. The van der Waals surface area contributed by atoms with Gasteiger partial charge in [0, 0.05) is 23.6 Å². The van der Waals surface area contributed by atoms with E-state index < -0.39 is 5.97 Å². The van der Waals surface area contributed by atoms with Crippen LogP contribution in [0.3, 0.4) is 0 Å². The Kier molecular flexibility index (Phi) is 7.61. The monoisotopic (exact) mass is 445 g/mol. The highest BCUT2D eigenvalue weighted by Crippen LogP contribution is 2.33. The summed E-state index contributed by atoms with van der Waals surface area (Å²) in [5.74, 6) is -0.861. The molecule has 3 rings (SSSR count). The van der Waals surface area contributed by atoms with E-state index in [9.17, 15) is 14.7 Å². The minimum absolute atomic E-state index is 0.105. The Morgan fingerprint density at radius 2 is 1.76 bits per heavy atom. The first kappa shape index (κ1) is 24.1. The number of amides is 1. The van der Waals surface area contributed by atoms with Crippen molar-refractivity contribution in [1.82, 2.24) is 4.98 Å². The maximum Gasteiger partial charge on any atom is 0.335 e. The number of anilines is 1. The van der Waals surface area contributed by atoms with Crippen molar-refractivity contribution in [1.29, 1.82) is 0 Å². The molecule has 0 unspecified atom stereocenters. The summed E-state index contributed by atoms with van der Waals surface area (Å²) in [5, 5.41) is 12.0. The highest BCUT2D eigenvalue weighted by atomic mass is 16.4. The van der Waals surface area contributed by atoms with Gasteiger partial charge < -0.3 is 16.2 Å². The SMILES string of the molecule is Cc1ccc(-c2c(CC(=O)Nc3cccc(C(=O)O)c3)c(C)nc(CC(C)C)c2CN)cc1. The first-order valence-electron chi connectivity index (χ1n) is 11.1. The number of nitrogens with two attached hydrogens (primary N) is 1. The largest absolute Gasteiger partial charge is 0.478 e. The maximum atomic E-state index is 13.0. The first-order chi connectivity index (χ1) is 15.7. The molecule has 0 radical (unpaired) electrons. The lowest BCUT2D eigenvalue weighted by Gasteiger charge is -2.21. The van der Waals surface area contributed by atoms with Crippen LogP contribution in [-0.4, -0.2) is 22.0 Å². The third-order valence-electron chi connectivity index (χ3n) is 5.57. The molecule has 3 aromatic rings. The molecule has 33 heavy (non-hydrogen) atoms. The van der Waals surface area contributed by atoms with Crippen LogP contribution in [0.5, 0.6) is 0 Å². The van der Waals surface area contributed by atoms with Gasteiger partial charge in [-0.2, -0.15) is 0 Å². The van der Waals surface area contributed by atoms with E-state index in [-0.39, 0.29) is 17.9 Å². The van der Waals surface area contributed by atoms with Crippen molar-refractivity contribution in [3.05, 3.63) is 82.2 Å². The lowest BCUT2D eigenvalue weighted by molar-refractivity contribution is -0.115. The Balaban J connectivity index is 2.04. The van der Waals surface area contributed by atoms with Gasteiger partial charge in [0.15, 0.2) is 0 Å². The highest BCUT2D eigenvalue weighted by molar-refractivity contribution is 5.96. The molecule has 1 heterocycles. The number of nitrogens with zero attached hydrogens (tertiary/aromatic N) is 1. The van der Waals surface area contributed by atoms with E-state index in [1.807, 2.05) is 13.8 Å². The number of carboxylic acid groups (broad SMARTS) is 1. The van der Waals surface area contributed by atoms with Crippen LogP contribution in [0.2, 0.25) is 0 Å². The fourth-order valence-electron chi connectivity index (χ4n) is 4.00. The number of hydrogen-bond donors (Lipinski definition) is 3. The van der Waals surface area contributed by atoms with Gasteiger partial charge in [0.05, 0.1) is 12.0 Å². The van der Waals surface area contributed by atoms with Crippen molar-refractivity contribution in [3.8, 4) is 11.1 Å². The van der Waals surface area contributed by atoms with Gasteiger partial charge in [0.25, 0.3) is 0 Å². The molecule has 0 spiro atoms. The van der Waals surface area contributed by atoms with Gasteiger partial charge >= 0.3 is 5.97 Å². The molecule has 1 amide bonds. The van der Waals surface area contributed by atoms with Crippen LogP contribution in [-0.2, 0) is 24.2 Å². The van der Waals surface area contributed by atoms with Gasteiger partial charge in [0.1, 0.15) is 0 Å². The zero-order chi connectivity index (χ0) is 24.1. The number of carboxylic acids is 1. The van der Waals surface area contributed by atoms with Crippen LogP contribution in [0.25, 0.3) is 11.1 Å². The molecule has 6 nitrogen and oxygen atoms in total. The first-order valence-corrected chi connectivity index (χ1v) is 11.1. The summed E-state index contributed by atoms with van der Waals surface area (Å²) in [7, 11) is 0. The van der Waals surface area contributed by atoms with Crippen molar-refractivity contribution < 1.29 is 14.7 Å². The quantitative estimate of drug-likeness (QED) is 0.457. The summed E-state index contributed by atoms with van der Waals surface area (Å²) in [6, 6.07) is 14.4. The third-order valence-corrected chi connectivity index (χ3v) is 5.57. The number of aromatic nitrogens is 1. The molecular formula is C27H31N3O3. The molecule has 172 valence electrons. The number of aromatic carboxylic acids is 1. The average molecular weight is 446 g/mol. The van der Waals surface area contributed by atoms with Crippen LogP contribution >= 0.6 is 0 Å². The normalized spacial score (nSPS) is 11.0. The Labute approximate surface area is 194 Å². The summed E-state index contributed by atoms with van der Waals surface area (Å²) >= 11 is 0. The van der Waals surface area contributed by atoms with E-state index in [2.05, 4.69) is 43.4 Å². The fraction of sp³-hybridized carbons (Fsp3) is 0.296. The number of benzene rings is 2. The van der Waals surface area contributed by atoms with Gasteiger partial charge in [0.2, 0.25) is 5.91 Å². The maximum absolute atomic E-state index is 13.0. The smallest absolute Gasteiger partial charge is 0.335 e. The van der Waals surface area contributed by atoms with E-state index in [0.717, 1.165) is 45.6 Å². The van der Waals surface area contributed by atoms with Crippen molar-refractivity contribution in [3.63, 3.8) is 0 Å². The lowest BCUT2D eigenvalue weighted by Crippen LogP contribution is -2.19. The number of aryl methyl sites for hydroxylation is 2. The summed E-state index contributed by atoms with van der Waals surface area (Å²) < 4.78 is 0. The standard InChI is InChI=1S/C27H31N3O3/c1-16(2)12-24-23(15-28)26(19-10-8-17(3)9-11-19)22(18(4)29-24)14-25(31)30-21-7-5-6-20(13-21)27(32)33/h5-11,13,16H,12,14-15,28H2,1-4H3,(H,30,31)(H,32,33). The Bertz CT molecular complexity index is 1170. The van der Waals surface area contributed by atoms with Crippen LogP contribution in [0.15, 0.2) is 48.5 Å². The molecule has 0 atom stereocenters. The van der Waals surface area contributed by atoms with Crippen LogP contribution in [0.4, 0.5) is 5.69 Å². The zero-order valence-electron chi connectivity index (χ0n) is 19.6. The van der Waals surface area contributed by atoms with Gasteiger partial charge in [-0.1, -0.05) is 49.7 Å². The van der Waals surface area contributed by atoms with E-state index >= 15 is 0 Å². The third kappa shape index (κ3) is 5.84. The zero-order valence-corrected chi connectivity index (χ0v) is 19.6. The minimum atomic E-state index is -1.04. The van der Waals surface area contributed by atoms with Crippen LogP contribution < -0.4 is 11.1 Å². The summed E-state index contributed by atoms with van der Waals surface area (Å²) in [6.45, 7) is 8.59. The van der Waals surface area contributed by atoms with E-state index in [1.165, 1.54) is 12.1 Å². The molecule has 6 heteroatoms. The molecule has 0 saturated heterocycles. The summed E-state index contributed by atoms with van der Waals surface area (Å²) in [5.41, 5.74) is 13.5. The second-order valence-corrected chi connectivity index (χ2v) is 8.76. The molecule has 2 aromatic carbocycles. The second-order valence-electron chi connectivity index (χ2n) is 8.76. The number of carbonyl (C=O) groups is 2. The molecule has 0 aliphatic rings. The molecule has 1 aromatic heterocycles. The van der Waals surface area contributed by atoms with E-state index in [1.54, 1.807) is 12.1 Å². The van der Waals surface area contributed by atoms with E-state index in [4.69, 9.17) is 10.7 Å². The van der Waals surface area contributed by atoms with Gasteiger partial charge in [-0.15, -0.1) is 0 Å². The van der Waals surface area contributed by atoms with Crippen molar-refractivity contribution in [2.24, 2.45) is 11.7 Å². The predicted octanol–water partition coefficient (Wildman–Crippen LogP) is 4.90. The van der Waals surface area contributed by atoms with Gasteiger partial charge in [-0.25, -0.2) is 4.79 Å². The number of carbonyl (C=O) groups excluding carboxylic acids is 1. The molecule has 4 N–H and O–H groups in total. The Hall–Kier alpha value is -3.51. The van der Waals surface area contributed by atoms with Gasteiger partial charge in [-0.3, -0.25) is 9.78 Å². The second kappa shape index (κ2) is 10.4. The lowest BCUT2D eigenvalue weighted by atomic mass is 9.88. The van der Waals surface area contributed by atoms with Crippen LogP contribution in [0.1, 0.15) is 52.3 Å². The summed E-state index contributed by atoms with van der Waals surface area (Å²) in [6.07, 6.45) is 0.912. The predicted molar refractivity (Wildman–Crippen MR) is 131 cm³/mol. The molecule has 0 aliphatic carbocycles. The number of pyridine rings is 1. The van der Waals surface area contributed by atoms with Crippen molar-refractivity contribution >= 4 is 17.6 Å². The Morgan fingerprint density at radius 3 is 2.36 bits per heavy atom. The minimum Gasteiger partial charge on any atom is -0.478 e. The molecule has 0 bridgehead atoms. The van der Waals surface area contributed by atoms with Crippen molar-refractivity contribution in [2.75, 3.05) is 5.32 Å². The van der Waals surface area contributed by atoms with Crippen LogP contribution in [0, 0.1) is 19.8 Å². The average Bonchev–Trinajstić information content (AvgIpc) is 2.75. The highest BCUT2D eigenvalue weighted by Gasteiger charge is 2.21. The topological polar surface area (TPSA) is 105 Å². The fourth-order valence-corrected chi connectivity index (χ4v) is 4.00. The number of rotatable bonds is 8. The summed E-state index contributed by atoms with van der Waals surface area (Å²) in [4.78, 5) is 29.1. The van der Waals surface area contributed by atoms with Crippen molar-refractivity contribution in [2.45, 2.75) is 47.1 Å². The molecular weight excluding hydrogens is 414 g/mol. The number of nitrogens with one attached hydrogen (secondary N) is 1.